The van der Waals surface area contributed by atoms with Crippen LogP contribution < -0.4 is 5.32 Å². The summed E-state index contributed by atoms with van der Waals surface area (Å²) in [6.07, 6.45) is 6.66. The predicted molar refractivity (Wildman–Crippen MR) is 118 cm³/mol. The highest BCUT2D eigenvalue weighted by molar-refractivity contribution is 5.89. The zero-order valence-electron chi connectivity index (χ0n) is 17.8. The van der Waals surface area contributed by atoms with Crippen LogP contribution in [0, 0.1) is 5.41 Å². The van der Waals surface area contributed by atoms with Crippen molar-refractivity contribution in [2.75, 3.05) is 44.7 Å². The van der Waals surface area contributed by atoms with E-state index in [2.05, 4.69) is 40.3 Å². The number of pyridine rings is 1. The molecule has 2 fully saturated rings. The fourth-order valence-corrected chi connectivity index (χ4v) is 4.52. The van der Waals surface area contributed by atoms with Crippen LogP contribution in [0.1, 0.15) is 30.9 Å². The normalized spacial score (nSPS) is 19.4. The third-order valence-electron chi connectivity index (χ3n) is 6.35. The molecule has 2 aromatic rings. The number of benzene rings is 1. The van der Waals surface area contributed by atoms with Crippen molar-refractivity contribution in [3.05, 3.63) is 59.9 Å². The Bertz CT molecular complexity index is 834. The van der Waals surface area contributed by atoms with E-state index in [9.17, 15) is 4.79 Å². The summed E-state index contributed by atoms with van der Waals surface area (Å²) < 4.78 is 6.00. The average molecular weight is 409 g/mol. The third-order valence-corrected chi connectivity index (χ3v) is 6.35. The van der Waals surface area contributed by atoms with Crippen molar-refractivity contribution in [2.24, 2.45) is 5.41 Å². The van der Waals surface area contributed by atoms with Crippen molar-refractivity contribution in [1.29, 1.82) is 0 Å². The Hall–Kier alpha value is -2.44. The number of likely N-dealkylation sites (tertiary alicyclic amines) is 1. The summed E-state index contributed by atoms with van der Waals surface area (Å²) in [6, 6.07) is 12.2. The molecule has 0 radical (unpaired) electrons. The fraction of sp³-hybridized carbons (Fsp3) is 0.500. The molecule has 2 saturated heterocycles. The Morgan fingerprint density at radius 1 is 1.17 bits per heavy atom. The molecule has 6 heteroatoms. The molecular formula is C24H32N4O2. The van der Waals surface area contributed by atoms with E-state index in [1.54, 1.807) is 0 Å². The minimum Gasteiger partial charge on any atom is -0.379 e. The highest BCUT2D eigenvalue weighted by atomic mass is 16.5. The lowest BCUT2D eigenvalue weighted by atomic mass is 9.78. The predicted octanol–water partition coefficient (Wildman–Crippen LogP) is 3.79. The second-order valence-electron chi connectivity index (χ2n) is 8.60. The molecule has 2 amide bonds. The number of amides is 2. The SMILES string of the molecule is CCc1cccc(NC(=O)N2CCC3(CC2)COCCN(Cc2cccnc2)C3)c1. The van der Waals surface area contributed by atoms with Crippen molar-refractivity contribution in [2.45, 2.75) is 32.7 Å². The second-order valence-corrected chi connectivity index (χ2v) is 8.60. The zero-order chi connectivity index (χ0) is 20.8. The van der Waals surface area contributed by atoms with Gasteiger partial charge < -0.3 is 15.0 Å². The molecule has 2 aliphatic heterocycles. The van der Waals surface area contributed by atoms with Crippen LogP contribution in [0.2, 0.25) is 0 Å². The van der Waals surface area contributed by atoms with Gasteiger partial charge in [0.05, 0.1) is 13.2 Å². The maximum absolute atomic E-state index is 12.8. The summed E-state index contributed by atoms with van der Waals surface area (Å²) in [4.78, 5) is 21.4. The van der Waals surface area contributed by atoms with Crippen LogP contribution in [0.4, 0.5) is 10.5 Å². The van der Waals surface area contributed by atoms with E-state index in [0.717, 1.165) is 70.9 Å². The van der Waals surface area contributed by atoms with Crippen molar-refractivity contribution in [3.63, 3.8) is 0 Å². The number of aryl methyl sites for hydroxylation is 1. The molecule has 3 heterocycles. The molecule has 0 aliphatic carbocycles. The Morgan fingerprint density at radius 2 is 2.00 bits per heavy atom. The molecule has 30 heavy (non-hydrogen) atoms. The topological polar surface area (TPSA) is 57.7 Å². The number of hydrogen-bond donors (Lipinski definition) is 1. The molecule has 0 unspecified atom stereocenters. The summed E-state index contributed by atoms with van der Waals surface area (Å²) >= 11 is 0. The first-order chi connectivity index (χ1) is 14.7. The monoisotopic (exact) mass is 408 g/mol. The summed E-state index contributed by atoms with van der Waals surface area (Å²) in [5, 5.41) is 3.07. The van der Waals surface area contributed by atoms with Crippen LogP contribution >= 0.6 is 0 Å². The molecule has 160 valence electrons. The molecule has 2 aliphatic rings. The first-order valence-electron chi connectivity index (χ1n) is 11.0. The van der Waals surface area contributed by atoms with Gasteiger partial charge in [-0.05, 0) is 48.6 Å². The largest absolute Gasteiger partial charge is 0.379 e. The molecule has 0 saturated carbocycles. The molecule has 0 bridgehead atoms. The van der Waals surface area contributed by atoms with E-state index in [-0.39, 0.29) is 11.4 Å². The average Bonchev–Trinajstić information content (AvgIpc) is 2.97. The lowest BCUT2D eigenvalue weighted by Gasteiger charge is -2.42. The highest BCUT2D eigenvalue weighted by Gasteiger charge is 2.39. The maximum Gasteiger partial charge on any atom is 0.321 e. The minimum absolute atomic E-state index is 0.000130. The van der Waals surface area contributed by atoms with Crippen molar-refractivity contribution in [1.82, 2.24) is 14.8 Å². The molecule has 1 spiro atoms. The Kier molecular flexibility index (Phi) is 6.65. The highest BCUT2D eigenvalue weighted by Crippen LogP contribution is 2.35. The van der Waals surface area contributed by atoms with Crippen molar-refractivity contribution < 1.29 is 9.53 Å². The Morgan fingerprint density at radius 3 is 2.77 bits per heavy atom. The molecule has 0 atom stereocenters. The Labute approximate surface area is 179 Å². The molecule has 1 N–H and O–H groups in total. The van der Waals surface area contributed by atoms with E-state index in [4.69, 9.17) is 4.74 Å². The van der Waals surface area contributed by atoms with Gasteiger partial charge in [0, 0.05) is 56.2 Å². The number of carbonyl (C=O) groups excluding carboxylic acids is 1. The van der Waals surface area contributed by atoms with Crippen LogP contribution in [0.5, 0.6) is 0 Å². The number of urea groups is 1. The number of piperidine rings is 1. The van der Waals surface area contributed by atoms with Gasteiger partial charge in [-0.15, -0.1) is 0 Å². The van der Waals surface area contributed by atoms with Gasteiger partial charge in [0.25, 0.3) is 0 Å². The fourth-order valence-electron chi connectivity index (χ4n) is 4.52. The van der Waals surface area contributed by atoms with Gasteiger partial charge in [-0.1, -0.05) is 25.1 Å². The maximum atomic E-state index is 12.8. The van der Waals surface area contributed by atoms with Crippen LogP contribution in [-0.4, -0.2) is 60.2 Å². The number of hydrogen-bond acceptors (Lipinski definition) is 4. The molecule has 4 rings (SSSR count). The van der Waals surface area contributed by atoms with Gasteiger partial charge in [-0.3, -0.25) is 9.88 Å². The number of nitrogens with one attached hydrogen (secondary N) is 1. The van der Waals surface area contributed by atoms with Crippen molar-refractivity contribution >= 4 is 11.7 Å². The Balaban J connectivity index is 1.34. The summed E-state index contributed by atoms with van der Waals surface area (Å²) in [6.45, 7) is 8.05. The van der Waals surface area contributed by atoms with Crippen LogP contribution in [0.25, 0.3) is 0 Å². The van der Waals surface area contributed by atoms with Gasteiger partial charge in [0.2, 0.25) is 0 Å². The number of aromatic nitrogens is 1. The summed E-state index contributed by atoms with van der Waals surface area (Å²) in [7, 11) is 0. The quantitative estimate of drug-likeness (QED) is 0.836. The van der Waals surface area contributed by atoms with E-state index in [1.165, 1.54) is 11.1 Å². The molecule has 6 nitrogen and oxygen atoms in total. The van der Waals surface area contributed by atoms with E-state index in [1.807, 2.05) is 35.5 Å². The first kappa shape index (κ1) is 20.8. The van der Waals surface area contributed by atoms with Gasteiger partial charge >= 0.3 is 6.03 Å². The number of carbonyl (C=O) groups is 1. The second kappa shape index (κ2) is 9.58. The van der Waals surface area contributed by atoms with Gasteiger partial charge in [0.15, 0.2) is 0 Å². The minimum atomic E-state index is -0.000130. The van der Waals surface area contributed by atoms with E-state index in [0.29, 0.717) is 0 Å². The standard InChI is InChI=1S/C24H32N4O2/c1-2-20-5-3-7-22(15-20)26-23(29)28-11-8-24(9-12-28)18-27(13-14-30-19-24)17-21-6-4-10-25-16-21/h3-7,10,15-16H,2,8-9,11-14,17-19H2,1H3,(H,26,29). The smallest absolute Gasteiger partial charge is 0.321 e. The van der Waals surface area contributed by atoms with Crippen molar-refractivity contribution in [3.8, 4) is 0 Å². The summed E-state index contributed by atoms with van der Waals surface area (Å²) in [5.41, 5.74) is 3.47. The molecule has 1 aromatic heterocycles. The number of rotatable bonds is 4. The van der Waals surface area contributed by atoms with Gasteiger partial charge in [-0.2, -0.15) is 0 Å². The van der Waals surface area contributed by atoms with Crippen LogP contribution in [-0.2, 0) is 17.7 Å². The number of ether oxygens (including phenoxy) is 1. The molecule has 1 aromatic carbocycles. The number of nitrogens with zero attached hydrogens (tertiary/aromatic N) is 3. The van der Waals surface area contributed by atoms with Crippen LogP contribution in [0.3, 0.4) is 0 Å². The van der Waals surface area contributed by atoms with E-state index < -0.39 is 0 Å². The lowest BCUT2D eigenvalue weighted by molar-refractivity contribution is 0.0242. The van der Waals surface area contributed by atoms with Crippen LogP contribution in [0.15, 0.2) is 48.8 Å². The van der Waals surface area contributed by atoms with Gasteiger partial charge in [0.1, 0.15) is 0 Å². The lowest BCUT2D eigenvalue weighted by Crippen LogP contribution is -2.49. The zero-order valence-corrected chi connectivity index (χ0v) is 17.8. The first-order valence-corrected chi connectivity index (χ1v) is 11.0. The van der Waals surface area contributed by atoms with Gasteiger partial charge in [-0.25, -0.2) is 4.79 Å². The number of anilines is 1. The summed E-state index contributed by atoms with van der Waals surface area (Å²) in [5.74, 6) is 0. The van der Waals surface area contributed by atoms with E-state index >= 15 is 0 Å². The third kappa shape index (κ3) is 5.18. The molecular weight excluding hydrogens is 376 g/mol.